The maximum atomic E-state index is 11.2. The number of hydrazine groups is 1. The average Bonchev–Trinajstić information content (AvgIpc) is 2.73. The monoisotopic (exact) mass is 275 g/mol. The van der Waals surface area contributed by atoms with Crippen molar-refractivity contribution >= 4 is 15.7 Å². The number of nitrogens with two attached hydrogens (primary N) is 1. The lowest BCUT2D eigenvalue weighted by Crippen LogP contribution is -2.29. The number of carbonyl (C=O) groups is 1. The number of hydrogen-bond donors (Lipinski definition) is 2. The van der Waals surface area contributed by atoms with Gasteiger partial charge in [0.25, 0.3) is 5.91 Å². The summed E-state index contributed by atoms with van der Waals surface area (Å²) in [6, 6.07) is 1.57. The molecular weight excluding hydrogens is 258 g/mol. The summed E-state index contributed by atoms with van der Waals surface area (Å²) in [5, 5.41) is 0. The first kappa shape index (κ1) is 14.7. The van der Waals surface area contributed by atoms with Gasteiger partial charge in [0.15, 0.2) is 0 Å². The molecule has 0 radical (unpaired) electrons. The van der Waals surface area contributed by atoms with Crippen molar-refractivity contribution in [3.63, 3.8) is 0 Å². The van der Waals surface area contributed by atoms with Gasteiger partial charge in [-0.05, 0) is 13.1 Å². The molecule has 0 fully saturated rings. The van der Waals surface area contributed by atoms with Gasteiger partial charge in [-0.15, -0.1) is 0 Å². The summed E-state index contributed by atoms with van der Waals surface area (Å²) in [6.07, 6.45) is 2.50. The lowest BCUT2D eigenvalue weighted by atomic mass is 10.3. The molecule has 18 heavy (non-hydrogen) atoms. The zero-order chi connectivity index (χ0) is 13.8. The quantitative estimate of drug-likeness (QED) is 0.406. The van der Waals surface area contributed by atoms with E-state index in [0.29, 0.717) is 24.4 Å². The molecule has 7 nitrogen and oxygen atoms in total. The van der Waals surface area contributed by atoms with Gasteiger partial charge in [0.1, 0.15) is 21.9 Å². The number of nitrogens with zero attached hydrogens (tertiary/aromatic N) is 1. The van der Waals surface area contributed by atoms with Gasteiger partial charge in [0.05, 0.1) is 17.9 Å². The normalized spacial score (nSPS) is 11.8. The highest BCUT2D eigenvalue weighted by Gasteiger charge is 2.11. The van der Waals surface area contributed by atoms with Crippen molar-refractivity contribution in [2.75, 3.05) is 25.6 Å². The van der Waals surface area contributed by atoms with Gasteiger partial charge in [0.2, 0.25) is 0 Å². The molecule has 1 amide bonds. The fraction of sp³-hybridized carbons (Fsp3) is 0.500. The van der Waals surface area contributed by atoms with Crippen molar-refractivity contribution in [1.29, 1.82) is 0 Å². The molecule has 1 rings (SSSR count). The zero-order valence-corrected chi connectivity index (χ0v) is 11.2. The van der Waals surface area contributed by atoms with E-state index in [9.17, 15) is 13.2 Å². The largest absolute Gasteiger partial charge is 0.467 e. The van der Waals surface area contributed by atoms with Gasteiger partial charge in [-0.1, -0.05) is 0 Å². The van der Waals surface area contributed by atoms with Crippen molar-refractivity contribution in [1.82, 2.24) is 10.3 Å². The third-order valence-corrected chi connectivity index (χ3v) is 3.24. The molecule has 3 N–H and O–H groups in total. The summed E-state index contributed by atoms with van der Waals surface area (Å²) < 4.78 is 27.2. The molecule has 0 saturated heterocycles. The number of nitrogens with one attached hydrogen (secondary N) is 1. The van der Waals surface area contributed by atoms with Crippen LogP contribution in [0.4, 0.5) is 0 Å². The highest BCUT2D eigenvalue weighted by molar-refractivity contribution is 7.90. The Morgan fingerprint density at radius 2 is 2.22 bits per heavy atom. The van der Waals surface area contributed by atoms with E-state index in [1.165, 1.54) is 12.5 Å². The third-order valence-electron chi connectivity index (χ3n) is 2.32. The number of rotatable bonds is 6. The highest BCUT2D eigenvalue weighted by Crippen LogP contribution is 2.09. The smallest absolute Gasteiger partial charge is 0.268 e. The molecule has 1 aromatic rings. The summed E-state index contributed by atoms with van der Waals surface area (Å²) in [5.41, 5.74) is 2.34. The number of nitrogen functional groups attached to an aromatic ring is 1. The first-order valence-electron chi connectivity index (χ1n) is 5.26. The number of amides is 1. The van der Waals surface area contributed by atoms with Crippen LogP contribution in [0.5, 0.6) is 0 Å². The molecule has 0 spiro atoms. The minimum absolute atomic E-state index is 0.0837. The maximum Gasteiger partial charge on any atom is 0.268 e. The average molecular weight is 275 g/mol. The Hall–Kier alpha value is -1.38. The zero-order valence-electron chi connectivity index (χ0n) is 10.3. The van der Waals surface area contributed by atoms with E-state index in [2.05, 4.69) is 0 Å². The van der Waals surface area contributed by atoms with Gasteiger partial charge in [-0.3, -0.25) is 15.1 Å². The van der Waals surface area contributed by atoms with Gasteiger partial charge in [-0.2, -0.15) is 0 Å². The molecule has 0 bridgehead atoms. The van der Waals surface area contributed by atoms with Gasteiger partial charge >= 0.3 is 0 Å². The Bertz CT molecular complexity index is 509. The molecule has 0 saturated carbocycles. The van der Waals surface area contributed by atoms with Crippen molar-refractivity contribution in [2.24, 2.45) is 5.84 Å². The van der Waals surface area contributed by atoms with Crippen molar-refractivity contribution in [2.45, 2.75) is 6.54 Å². The SMILES string of the molecule is CN(CCS(C)(=O)=O)Cc1cc(C(=O)NN)co1. The minimum Gasteiger partial charge on any atom is -0.467 e. The van der Waals surface area contributed by atoms with E-state index in [0.717, 1.165) is 0 Å². The Labute approximate surface area is 106 Å². The maximum absolute atomic E-state index is 11.2. The molecule has 0 aliphatic rings. The summed E-state index contributed by atoms with van der Waals surface area (Å²) in [5.74, 6) is 5.22. The van der Waals surface area contributed by atoms with Crippen LogP contribution in [0, 0.1) is 0 Å². The van der Waals surface area contributed by atoms with E-state index >= 15 is 0 Å². The van der Waals surface area contributed by atoms with Crippen LogP contribution >= 0.6 is 0 Å². The molecule has 0 aromatic carbocycles. The second-order valence-electron chi connectivity index (χ2n) is 4.14. The van der Waals surface area contributed by atoms with Crippen LogP contribution in [0.15, 0.2) is 16.7 Å². The highest BCUT2D eigenvalue weighted by atomic mass is 32.2. The van der Waals surface area contributed by atoms with E-state index in [4.69, 9.17) is 10.3 Å². The van der Waals surface area contributed by atoms with E-state index < -0.39 is 15.7 Å². The molecular formula is C10H17N3O4S. The van der Waals surface area contributed by atoms with Crippen molar-refractivity contribution < 1.29 is 17.6 Å². The first-order valence-corrected chi connectivity index (χ1v) is 7.32. The van der Waals surface area contributed by atoms with E-state index in [1.54, 1.807) is 18.0 Å². The van der Waals surface area contributed by atoms with Gasteiger partial charge in [-0.25, -0.2) is 14.3 Å². The third kappa shape index (κ3) is 4.86. The molecule has 1 aromatic heterocycles. The first-order chi connectivity index (χ1) is 8.31. The number of sulfone groups is 1. The lowest BCUT2D eigenvalue weighted by Gasteiger charge is -2.13. The fourth-order valence-electron chi connectivity index (χ4n) is 1.33. The number of carbonyl (C=O) groups excluding carboxylic acids is 1. The molecule has 102 valence electrons. The molecule has 0 atom stereocenters. The van der Waals surface area contributed by atoms with Crippen LogP contribution in [-0.2, 0) is 16.4 Å². The predicted octanol–water partition coefficient (Wildman–Crippen LogP) is -0.640. The number of furan rings is 1. The van der Waals surface area contributed by atoms with Crippen molar-refractivity contribution in [3.8, 4) is 0 Å². The summed E-state index contributed by atoms with van der Waals surface area (Å²) in [7, 11) is -1.20. The predicted molar refractivity (Wildman–Crippen MR) is 66.4 cm³/mol. The Balaban J connectivity index is 2.52. The minimum atomic E-state index is -2.98. The Kier molecular flexibility index (Phi) is 4.88. The van der Waals surface area contributed by atoms with Crippen LogP contribution in [0.1, 0.15) is 16.1 Å². The van der Waals surface area contributed by atoms with Crippen LogP contribution in [-0.4, -0.2) is 44.8 Å². The second-order valence-corrected chi connectivity index (χ2v) is 6.40. The van der Waals surface area contributed by atoms with Crippen LogP contribution in [0.25, 0.3) is 0 Å². The molecule has 0 aliphatic heterocycles. The van der Waals surface area contributed by atoms with Crippen LogP contribution in [0.3, 0.4) is 0 Å². The van der Waals surface area contributed by atoms with E-state index in [-0.39, 0.29) is 5.75 Å². The topological polar surface area (TPSA) is 106 Å². The summed E-state index contributed by atoms with van der Waals surface area (Å²) in [6.45, 7) is 0.825. The fourth-order valence-corrected chi connectivity index (χ4v) is 1.98. The van der Waals surface area contributed by atoms with Gasteiger partial charge in [0, 0.05) is 12.8 Å². The number of hydrogen-bond acceptors (Lipinski definition) is 6. The summed E-state index contributed by atoms with van der Waals surface area (Å²) >= 11 is 0. The Morgan fingerprint density at radius 3 is 2.78 bits per heavy atom. The van der Waals surface area contributed by atoms with Crippen LogP contribution in [0.2, 0.25) is 0 Å². The van der Waals surface area contributed by atoms with E-state index in [1.807, 2.05) is 5.43 Å². The Morgan fingerprint density at radius 1 is 1.56 bits per heavy atom. The second kappa shape index (κ2) is 5.98. The molecule has 8 heteroatoms. The lowest BCUT2D eigenvalue weighted by molar-refractivity contribution is 0.0953. The standard InChI is InChI=1S/C10H17N3O4S/c1-13(3-4-18(2,15)16)6-9-5-8(7-17-9)10(14)12-11/h5,7H,3-4,6,11H2,1-2H3,(H,12,14). The molecule has 1 heterocycles. The summed E-state index contributed by atoms with van der Waals surface area (Å²) in [4.78, 5) is 13.0. The van der Waals surface area contributed by atoms with Gasteiger partial charge < -0.3 is 4.42 Å². The molecule has 0 unspecified atom stereocenters. The van der Waals surface area contributed by atoms with Crippen LogP contribution < -0.4 is 11.3 Å². The van der Waals surface area contributed by atoms with Crippen molar-refractivity contribution in [3.05, 3.63) is 23.7 Å². The molecule has 0 aliphatic carbocycles.